The summed E-state index contributed by atoms with van der Waals surface area (Å²) in [5.41, 5.74) is 11.9. The molecule has 0 radical (unpaired) electrons. The van der Waals surface area contributed by atoms with Crippen molar-refractivity contribution in [3.05, 3.63) is 92.6 Å². The van der Waals surface area contributed by atoms with Gasteiger partial charge in [0.2, 0.25) is 11.8 Å². The lowest BCUT2D eigenvalue weighted by Crippen LogP contribution is -2.50. The summed E-state index contributed by atoms with van der Waals surface area (Å²) in [6, 6.07) is 11.2. The lowest BCUT2D eigenvalue weighted by atomic mass is 9.64. The molecule has 526 valence electrons. The zero-order valence-electron chi connectivity index (χ0n) is 58.2. The Morgan fingerprint density at radius 3 is 1.04 bits per heavy atom. The summed E-state index contributed by atoms with van der Waals surface area (Å²) in [4.78, 5) is 85.4. The molecule has 22 heteroatoms. The van der Waals surface area contributed by atoms with E-state index in [0.29, 0.717) is 173 Å². The van der Waals surface area contributed by atoms with Gasteiger partial charge in [0.1, 0.15) is 13.2 Å². The number of ketones is 4. The fourth-order valence-corrected chi connectivity index (χ4v) is 20.9. The van der Waals surface area contributed by atoms with E-state index >= 15 is 0 Å². The highest BCUT2D eigenvalue weighted by Crippen LogP contribution is 2.57. The summed E-state index contributed by atoms with van der Waals surface area (Å²) in [6.45, 7) is 20.0. The van der Waals surface area contributed by atoms with Crippen molar-refractivity contribution in [3.8, 4) is 23.0 Å². The van der Waals surface area contributed by atoms with Crippen molar-refractivity contribution in [3.63, 3.8) is 0 Å². The maximum absolute atomic E-state index is 14.5. The van der Waals surface area contributed by atoms with E-state index in [0.717, 1.165) is 72.4 Å². The molecule has 0 spiro atoms. The van der Waals surface area contributed by atoms with Gasteiger partial charge in [0.05, 0.1) is 67.1 Å². The van der Waals surface area contributed by atoms with Crippen LogP contribution in [-0.4, -0.2) is 147 Å². The molecule has 0 bridgehead atoms. The van der Waals surface area contributed by atoms with E-state index in [4.69, 9.17) is 37.9 Å². The fraction of sp³-hybridized carbons (Fsp3) is 0.649. The van der Waals surface area contributed by atoms with E-state index in [2.05, 4.69) is 66.2 Å². The van der Waals surface area contributed by atoms with Crippen LogP contribution in [0.25, 0.3) is 0 Å². The number of amides is 2. The standard InChI is InChI=1S/C74H102N4O14S4/c1-71(2)39-51-67(55(79)43-71)65(68-52(40-72(3,4)44-56(68)80)77(51)75-63(83)17-13-11-15-49-23-35-93-95-49)47-19-21-59(61(37-47)85-9)91-33-31-89-29-27-87-25-26-88-28-30-90-32-34-92-60-22-20-48(38-62(60)86-10)66-69-53(41-73(5,6)45-57(69)81)78(54-42-74(7,8)46-58(82)70(54)66)76-64(84)18-14-12-16-50-24-36-94-96-50/h19-22,37-38,49-50,65-66H,11-18,23-36,39-46H2,1-10H3,(H,75,83)(H,76,84). The number of hydrazine groups is 2. The molecule has 2 fully saturated rings. The number of nitrogens with one attached hydrogen (secondary N) is 2. The van der Waals surface area contributed by atoms with E-state index < -0.39 is 11.8 Å². The molecule has 0 aromatic heterocycles. The van der Waals surface area contributed by atoms with Crippen LogP contribution in [0.1, 0.15) is 194 Å². The lowest BCUT2D eigenvalue weighted by molar-refractivity contribution is -0.127. The first kappa shape index (κ1) is 73.8. The topological polar surface area (TPSA) is 207 Å². The third kappa shape index (κ3) is 18.7. The van der Waals surface area contributed by atoms with E-state index in [1.807, 2.05) is 89.6 Å². The number of hydrogen-bond acceptors (Lipinski definition) is 20. The van der Waals surface area contributed by atoms with Crippen molar-refractivity contribution < 1.29 is 66.7 Å². The Morgan fingerprint density at radius 2 is 0.750 bits per heavy atom. The quantitative estimate of drug-likeness (QED) is 0.0503. The molecular formula is C74H102N4O14S4. The summed E-state index contributed by atoms with van der Waals surface area (Å²) in [6.07, 6.45) is 12.5. The Bertz CT molecular complexity index is 3000. The van der Waals surface area contributed by atoms with Gasteiger partial charge in [-0.15, -0.1) is 0 Å². The highest BCUT2D eigenvalue weighted by molar-refractivity contribution is 8.77. The van der Waals surface area contributed by atoms with Gasteiger partial charge in [0, 0.05) is 117 Å². The van der Waals surface area contributed by atoms with Crippen molar-refractivity contribution in [1.29, 1.82) is 0 Å². The highest BCUT2D eigenvalue weighted by atomic mass is 33.1. The largest absolute Gasteiger partial charge is 0.493 e. The number of carbonyl (C=O) groups is 6. The number of methoxy groups -OCH3 is 2. The summed E-state index contributed by atoms with van der Waals surface area (Å²) in [5, 5.41) is 4.99. The monoisotopic (exact) mass is 1400 g/mol. The third-order valence-corrected chi connectivity index (χ3v) is 25.2. The smallest absolute Gasteiger partial charge is 0.238 e. The molecule has 96 heavy (non-hydrogen) atoms. The average Bonchev–Trinajstić information content (AvgIpc) is 0.761. The second-order valence-corrected chi connectivity index (χ2v) is 35.5. The minimum Gasteiger partial charge on any atom is -0.493 e. The molecule has 18 nitrogen and oxygen atoms in total. The van der Waals surface area contributed by atoms with E-state index in [1.165, 1.54) is 24.3 Å². The maximum atomic E-state index is 14.5. The number of hydrogen-bond donors (Lipinski definition) is 2. The maximum Gasteiger partial charge on any atom is 0.238 e. The van der Waals surface area contributed by atoms with Crippen LogP contribution < -0.4 is 29.8 Å². The third-order valence-electron chi connectivity index (χ3n) is 19.2. The van der Waals surface area contributed by atoms with Crippen molar-refractivity contribution >= 4 is 78.1 Å². The van der Waals surface area contributed by atoms with Crippen molar-refractivity contribution in [1.82, 2.24) is 20.9 Å². The van der Waals surface area contributed by atoms with Gasteiger partial charge in [-0.25, -0.2) is 0 Å². The van der Waals surface area contributed by atoms with Gasteiger partial charge in [0.15, 0.2) is 46.1 Å². The summed E-state index contributed by atoms with van der Waals surface area (Å²) in [7, 11) is 10.9. The van der Waals surface area contributed by atoms with Gasteiger partial charge < -0.3 is 37.9 Å². The van der Waals surface area contributed by atoms with Crippen molar-refractivity contribution in [2.45, 2.75) is 193 Å². The number of allylic oxidation sites excluding steroid dienone is 8. The van der Waals surface area contributed by atoms with E-state index in [-0.39, 0.29) is 69.8 Å². The van der Waals surface area contributed by atoms with Crippen LogP contribution in [-0.2, 0) is 47.7 Å². The Balaban J connectivity index is 0.651. The van der Waals surface area contributed by atoms with Gasteiger partial charge >= 0.3 is 0 Å². The number of ether oxygens (including phenoxy) is 8. The number of rotatable bonds is 33. The molecule has 2 aromatic carbocycles. The van der Waals surface area contributed by atoms with Crippen molar-refractivity contribution in [2.75, 3.05) is 91.8 Å². The van der Waals surface area contributed by atoms with Gasteiger partial charge in [-0.2, -0.15) is 0 Å². The average molecular weight is 1400 g/mol. The van der Waals surface area contributed by atoms with Crippen LogP contribution in [0, 0.1) is 21.7 Å². The van der Waals surface area contributed by atoms with Crippen LogP contribution in [0.5, 0.6) is 23.0 Å². The summed E-state index contributed by atoms with van der Waals surface area (Å²) in [5.74, 6) is 2.80. The fourth-order valence-electron chi connectivity index (χ4n) is 14.8. The second-order valence-electron chi connectivity index (χ2n) is 29.9. The van der Waals surface area contributed by atoms with Crippen LogP contribution in [0.15, 0.2) is 81.5 Å². The molecule has 2 saturated heterocycles. The number of unbranched alkanes of at least 4 members (excludes halogenated alkanes) is 2. The molecule has 4 heterocycles. The molecular weight excluding hydrogens is 1300 g/mol. The minimum absolute atomic E-state index is 0.0215. The van der Waals surface area contributed by atoms with Gasteiger partial charge in [-0.3, -0.25) is 49.6 Å². The van der Waals surface area contributed by atoms with Crippen LogP contribution in [0.4, 0.5) is 0 Å². The molecule has 4 aliphatic heterocycles. The molecule has 2 N–H and O–H groups in total. The number of benzene rings is 2. The van der Waals surface area contributed by atoms with Gasteiger partial charge in [-0.1, -0.05) is 124 Å². The molecule has 10 rings (SSSR count). The van der Waals surface area contributed by atoms with Crippen molar-refractivity contribution in [2.24, 2.45) is 21.7 Å². The SMILES string of the molecule is COc1cc(C2C3=C(CC(C)(C)CC3=O)N(NC(=O)CCCCC3CCSS3)C3=C2C(=O)CC(C)(C)C3)ccc1OCCOCCOCCOCCOCCOc1ccc(C2C3=C(CC(C)(C)CC3=O)N(NC(=O)CCCCC3CCSS3)C3=C2C(=O)CC(C)(C)C3)cc1OC. The predicted octanol–water partition coefficient (Wildman–Crippen LogP) is 14.1. The number of Topliss-reactive ketones (excluding diaryl/α,β-unsaturated/α-hetero) is 4. The molecule has 4 aliphatic carbocycles. The molecule has 2 atom stereocenters. The van der Waals surface area contributed by atoms with Crippen LogP contribution in [0.2, 0.25) is 0 Å². The van der Waals surface area contributed by atoms with E-state index in [1.54, 1.807) is 14.2 Å². The Kier molecular flexibility index (Phi) is 25.4. The highest BCUT2D eigenvalue weighted by Gasteiger charge is 2.52. The molecule has 0 saturated carbocycles. The molecule has 2 unspecified atom stereocenters. The van der Waals surface area contributed by atoms with Crippen LogP contribution >= 0.6 is 43.2 Å². The van der Waals surface area contributed by atoms with Gasteiger partial charge in [0.25, 0.3) is 0 Å². The normalized spacial score (nSPS) is 22.3. The van der Waals surface area contributed by atoms with Gasteiger partial charge in [-0.05, 0) is 121 Å². The second kappa shape index (κ2) is 33.0. The molecule has 2 amide bonds. The Hall–Kier alpha value is -4.94. The first-order valence-corrected chi connectivity index (χ1v) is 39.4. The summed E-state index contributed by atoms with van der Waals surface area (Å²) < 4.78 is 47.3. The predicted molar refractivity (Wildman–Crippen MR) is 380 cm³/mol. The first-order valence-electron chi connectivity index (χ1n) is 34.7. The first-order chi connectivity index (χ1) is 45.9. The zero-order valence-corrected chi connectivity index (χ0v) is 61.5. The zero-order chi connectivity index (χ0) is 68.4. The Morgan fingerprint density at radius 1 is 0.438 bits per heavy atom. The van der Waals surface area contributed by atoms with Crippen LogP contribution in [0.3, 0.4) is 0 Å². The van der Waals surface area contributed by atoms with E-state index in [9.17, 15) is 28.8 Å². The number of nitrogens with zero attached hydrogens (tertiary/aromatic N) is 2. The summed E-state index contributed by atoms with van der Waals surface area (Å²) >= 11 is 0. The molecule has 8 aliphatic rings. The molecule has 2 aromatic rings. The minimum atomic E-state index is -0.618. The lowest BCUT2D eigenvalue weighted by Gasteiger charge is -2.48. The Labute approximate surface area is 584 Å². The number of carbonyl (C=O) groups excluding carboxylic acids is 6.